The molecule has 0 bridgehead atoms. The molecule has 0 spiro atoms. The third-order valence-corrected chi connectivity index (χ3v) is 58.0. The molecule has 4 rings (SSSR count). The van der Waals surface area contributed by atoms with Gasteiger partial charge in [-0.2, -0.15) is 0 Å². The molecule has 4 heteroatoms. The van der Waals surface area contributed by atoms with Gasteiger partial charge in [-0.05, 0) is 0 Å². The maximum absolute atomic E-state index is 7.73. The molecule has 0 N–H and O–H groups in total. The maximum atomic E-state index is 7.73. The topological polar surface area (TPSA) is 0 Å². The van der Waals surface area contributed by atoms with Crippen molar-refractivity contribution in [1.29, 1.82) is 0 Å². The van der Waals surface area contributed by atoms with Crippen molar-refractivity contribution in [2.45, 2.75) is 20.3 Å². The van der Waals surface area contributed by atoms with E-state index < -0.39 is 21.5 Å². The Hall–Kier alpha value is -0.400. The molecule has 0 aliphatic heterocycles. The summed E-state index contributed by atoms with van der Waals surface area (Å²) in [6.45, 7) is 4.71. The fourth-order valence-electron chi connectivity index (χ4n) is 4.46. The van der Waals surface area contributed by atoms with Gasteiger partial charge in [0.25, 0.3) is 0 Å². The SMILES string of the molecule is C[SiH](C)[Zr]([Cl])([Cl])([CH]1C=CC=C1)[CH]1c2ccccc2-c2ccccc21. The molecule has 0 saturated heterocycles. The van der Waals surface area contributed by atoms with E-state index in [2.05, 4.69) is 85.9 Å². The van der Waals surface area contributed by atoms with Crippen LogP contribution in [0, 0.1) is 0 Å². The monoisotopic (exact) mass is 449 g/mol. The van der Waals surface area contributed by atoms with Crippen LogP contribution in [0.3, 0.4) is 0 Å². The average molecular weight is 452 g/mol. The fourth-order valence-corrected chi connectivity index (χ4v) is 31.9. The van der Waals surface area contributed by atoms with Crippen LogP contribution in [-0.2, 0) is 15.6 Å². The van der Waals surface area contributed by atoms with Gasteiger partial charge >= 0.3 is 154 Å². The van der Waals surface area contributed by atoms with E-state index in [0.29, 0.717) is 0 Å². The zero-order chi connectivity index (χ0) is 17.0. The summed E-state index contributed by atoms with van der Waals surface area (Å²) in [4.78, 5) is 0. The molecule has 123 valence electrons. The van der Waals surface area contributed by atoms with Gasteiger partial charge < -0.3 is 0 Å². The van der Waals surface area contributed by atoms with Crippen LogP contribution in [0.15, 0.2) is 72.8 Å². The van der Waals surface area contributed by atoms with E-state index in [0.717, 1.165) is 0 Å². The van der Waals surface area contributed by atoms with Gasteiger partial charge in [0.2, 0.25) is 0 Å². The first-order chi connectivity index (χ1) is 11.4. The van der Waals surface area contributed by atoms with E-state index in [1.807, 2.05) is 0 Å². The minimum absolute atomic E-state index is 0.200. The van der Waals surface area contributed by atoms with Crippen LogP contribution in [0.4, 0.5) is 0 Å². The standard InChI is InChI=1S/C13H9.C5H5.C2H7Si.2ClH.Zr/c1-3-7-12-10(5-1)9-11-6-2-4-8-13(11)12;1-2-4-5-3-1;1-3-2;;;/h1-9H;1-5H;3H,1-2H3;2*1H;/q;;;;;+2/p-2. The van der Waals surface area contributed by atoms with Crippen molar-refractivity contribution in [1.82, 2.24) is 0 Å². The first kappa shape index (κ1) is 17.0. The summed E-state index contributed by atoms with van der Waals surface area (Å²) in [7, 11) is 15.5. The zero-order valence-electron chi connectivity index (χ0n) is 13.9. The first-order valence-electron chi connectivity index (χ1n) is 8.55. The summed E-state index contributed by atoms with van der Waals surface area (Å²) in [6.07, 6.45) is 8.74. The Bertz CT molecular complexity index is 812. The van der Waals surface area contributed by atoms with Crippen LogP contribution in [0.25, 0.3) is 11.1 Å². The number of allylic oxidation sites excluding steroid dienone is 4. The van der Waals surface area contributed by atoms with E-state index in [1.165, 1.54) is 22.3 Å². The molecule has 0 aromatic heterocycles. The summed E-state index contributed by atoms with van der Waals surface area (Å²) in [5, 5.41) is 0. The van der Waals surface area contributed by atoms with E-state index in [4.69, 9.17) is 17.0 Å². The van der Waals surface area contributed by atoms with Gasteiger partial charge in [-0.25, -0.2) is 0 Å². The Morgan fingerprint density at radius 3 is 1.71 bits per heavy atom. The Balaban J connectivity index is 2.04. The van der Waals surface area contributed by atoms with Crippen LogP contribution >= 0.6 is 17.0 Å². The molecule has 0 nitrogen and oxygen atoms in total. The summed E-state index contributed by atoms with van der Waals surface area (Å²) >= 11 is -4.17. The molecule has 2 aromatic rings. The number of benzene rings is 2. The average Bonchev–Trinajstić information content (AvgIpc) is 3.22. The molecule has 0 radical (unpaired) electrons. The number of hydrogen-bond donors (Lipinski definition) is 0. The molecule has 0 atom stereocenters. The quantitative estimate of drug-likeness (QED) is 0.458. The van der Waals surface area contributed by atoms with E-state index in [9.17, 15) is 0 Å². The molecule has 2 aromatic carbocycles. The van der Waals surface area contributed by atoms with Gasteiger partial charge in [0, 0.05) is 0 Å². The second-order valence-corrected chi connectivity index (χ2v) is 50.0. The Morgan fingerprint density at radius 2 is 1.25 bits per heavy atom. The van der Waals surface area contributed by atoms with Gasteiger partial charge in [0.1, 0.15) is 0 Å². The molecule has 0 saturated carbocycles. The van der Waals surface area contributed by atoms with E-state index >= 15 is 0 Å². The van der Waals surface area contributed by atoms with E-state index in [1.54, 1.807) is 0 Å². The second kappa shape index (κ2) is 5.81. The molecule has 2 aliphatic carbocycles. The van der Waals surface area contributed by atoms with Crippen molar-refractivity contribution in [3.05, 3.63) is 84.0 Å². The number of rotatable bonds is 3. The van der Waals surface area contributed by atoms with Crippen molar-refractivity contribution in [3.8, 4) is 11.1 Å². The zero-order valence-corrected chi connectivity index (χ0v) is 19.0. The van der Waals surface area contributed by atoms with E-state index in [-0.39, 0.29) is 7.25 Å². The molecule has 24 heavy (non-hydrogen) atoms. The Morgan fingerprint density at radius 1 is 0.792 bits per heavy atom. The molecule has 0 amide bonds. The van der Waals surface area contributed by atoms with Gasteiger partial charge in [0.05, 0.1) is 0 Å². The second-order valence-electron chi connectivity index (χ2n) is 7.28. The summed E-state index contributed by atoms with van der Waals surface area (Å²) < 4.78 is 0.442. The minimum atomic E-state index is -4.17. The molecular formula is C20H21Cl2SiZr. The summed E-state index contributed by atoms with van der Waals surface area (Å²) in [5.74, 6) is -1.30. The number of fused-ring (bicyclic) bond motifs is 3. The summed E-state index contributed by atoms with van der Waals surface area (Å²) in [6, 6.07) is 17.4. The van der Waals surface area contributed by atoms with Gasteiger partial charge in [0.15, 0.2) is 0 Å². The molecule has 0 fully saturated rings. The normalized spacial score (nSPS) is 18.6. The van der Waals surface area contributed by atoms with Crippen LogP contribution in [0.2, 0.25) is 16.7 Å². The Kier molecular flexibility index (Phi) is 4.12. The molecule has 2 aliphatic rings. The van der Waals surface area contributed by atoms with Crippen molar-refractivity contribution >= 4 is 22.9 Å². The Labute approximate surface area is 153 Å². The summed E-state index contributed by atoms with van der Waals surface area (Å²) in [5.41, 5.74) is 5.34. The van der Waals surface area contributed by atoms with Gasteiger partial charge in [-0.3, -0.25) is 0 Å². The molecule has 0 unspecified atom stereocenters. The van der Waals surface area contributed by atoms with Crippen molar-refractivity contribution in [2.75, 3.05) is 0 Å². The van der Waals surface area contributed by atoms with Gasteiger partial charge in [-0.1, -0.05) is 0 Å². The van der Waals surface area contributed by atoms with Crippen molar-refractivity contribution in [2.24, 2.45) is 0 Å². The van der Waals surface area contributed by atoms with Crippen molar-refractivity contribution < 1.29 is 15.6 Å². The fraction of sp³-hybridized carbons (Fsp3) is 0.200. The third-order valence-electron chi connectivity index (χ3n) is 5.87. The van der Waals surface area contributed by atoms with Crippen LogP contribution in [0.1, 0.15) is 14.8 Å². The first-order valence-corrected chi connectivity index (χ1v) is 24.9. The van der Waals surface area contributed by atoms with Crippen LogP contribution in [0.5, 0.6) is 0 Å². The van der Waals surface area contributed by atoms with Gasteiger partial charge in [-0.15, -0.1) is 0 Å². The number of halogens is 2. The van der Waals surface area contributed by atoms with Crippen molar-refractivity contribution in [3.63, 3.8) is 0 Å². The molecular weight excluding hydrogens is 430 g/mol. The predicted octanol–water partition coefficient (Wildman–Crippen LogP) is 6.65. The molecule has 0 heterocycles. The predicted molar refractivity (Wildman–Crippen MR) is 106 cm³/mol. The number of hydrogen-bond acceptors (Lipinski definition) is 0. The third kappa shape index (κ3) is 2.20. The van der Waals surface area contributed by atoms with Crippen LogP contribution in [-0.4, -0.2) is 5.92 Å². The van der Waals surface area contributed by atoms with Crippen LogP contribution < -0.4 is 0 Å².